The molecule has 0 amide bonds. The van der Waals surface area contributed by atoms with Crippen molar-refractivity contribution in [1.29, 1.82) is 0 Å². The van der Waals surface area contributed by atoms with Crippen molar-refractivity contribution in [3.63, 3.8) is 0 Å². The minimum absolute atomic E-state index is 0.122. The zero-order chi connectivity index (χ0) is 23.9. The van der Waals surface area contributed by atoms with E-state index in [1.165, 1.54) is 16.7 Å². The van der Waals surface area contributed by atoms with Crippen LogP contribution in [0.5, 0.6) is 0 Å². The molecule has 4 rings (SSSR count). The summed E-state index contributed by atoms with van der Waals surface area (Å²) in [6.45, 7) is 8.28. The summed E-state index contributed by atoms with van der Waals surface area (Å²) in [5, 5.41) is 2.32. The lowest BCUT2D eigenvalue weighted by molar-refractivity contribution is -0.144. The Labute approximate surface area is 201 Å². The van der Waals surface area contributed by atoms with Gasteiger partial charge in [-0.2, -0.15) is 0 Å². The van der Waals surface area contributed by atoms with Crippen LogP contribution in [0.1, 0.15) is 31.1 Å². The number of thiophene rings is 1. The number of carbonyl (C=O) groups is 1. The van der Waals surface area contributed by atoms with Crippen molar-refractivity contribution in [2.45, 2.75) is 56.1 Å². The first kappa shape index (κ1) is 24.2. The quantitative estimate of drug-likeness (QED) is 0.281. The highest BCUT2D eigenvalue weighted by atomic mass is 32.2. The number of sulfone groups is 1. The Balaban J connectivity index is 1.89. The van der Waals surface area contributed by atoms with E-state index < -0.39 is 28.2 Å². The fraction of sp³-hybridized carbons (Fsp3) is 0.423. The summed E-state index contributed by atoms with van der Waals surface area (Å²) in [4.78, 5) is 15.1. The SMILES string of the molecule is CCOC(=O)C([C@]1(c2ccc(-c3ccc4ccccc4c3)s2)CCCCS1(=O)=O)[Si](C)(C)C. The average molecular weight is 501 g/mol. The molecule has 3 aromatic rings. The zero-order valence-electron chi connectivity index (χ0n) is 19.8. The van der Waals surface area contributed by atoms with E-state index in [9.17, 15) is 13.2 Å². The molecule has 0 spiro atoms. The van der Waals surface area contributed by atoms with Crippen molar-refractivity contribution in [3.8, 4) is 10.4 Å². The van der Waals surface area contributed by atoms with Gasteiger partial charge in [-0.15, -0.1) is 11.3 Å². The average Bonchev–Trinajstić information content (AvgIpc) is 3.24. The molecule has 0 N–H and O–H groups in total. The molecule has 1 aliphatic heterocycles. The standard InChI is InChI=1S/C26H32O4S2Si/c1-5-30-25(27)24(33(2,3)4)26(16-8-9-17-32(26,28)29)23-15-14-22(31-23)21-13-12-19-10-6-7-11-20(19)18-21/h6-7,10-15,18,24H,5,8-9,16-17H2,1-4H3/t24?,26-/m1/s1. The Morgan fingerprint density at radius 1 is 1.06 bits per heavy atom. The van der Waals surface area contributed by atoms with Crippen molar-refractivity contribution in [2.24, 2.45) is 0 Å². The number of benzene rings is 2. The molecule has 4 nitrogen and oxygen atoms in total. The highest BCUT2D eigenvalue weighted by Crippen LogP contribution is 2.55. The van der Waals surface area contributed by atoms with Gasteiger partial charge in [0.25, 0.3) is 0 Å². The maximum Gasteiger partial charge on any atom is 0.308 e. The van der Waals surface area contributed by atoms with Gasteiger partial charge in [0, 0.05) is 9.75 Å². The van der Waals surface area contributed by atoms with E-state index in [4.69, 9.17) is 4.74 Å². The van der Waals surface area contributed by atoms with Crippen LogP contribution in [0.25, 0.3) is 21.2 Å². The number of hydrogen-bond acceptors (Lipinski definition) is 5. The second-order valence-electron chi connectivity index (χ2n) is 9.94. The Kier molecular flexibility index (Phi) is 6.59. The van der Waals surface area contributed by atoms with Crippen LogP contribution in [0.15, 0.2) is 54.6 Å². The molecule has 2 heterocycles. The smallest absolute Gasteiger partial charge is 0.308 e. The van der Waals surface area contributed by atoms with E-state index in [0.29, 0.717) is 12.8 Å². The van der Waals surface area contributed by atoms with Crippen molar-refractivity contribution < 1.29 is 17.9 Å². The highest BCUT2D eigenvalue weighted by Gasteiger charge is 2.60. The second-order valence-corrected chi connectivity index (χ2v) is 18.7. The van der Waals surface area contributed by atoms with Gasteiger partial charge in [-0.1, -0.05) is 62.5 Å². The zero-order valence-corrected chi connectivity index (χ0v) is 22.4. The van der Waals surface area contributed by atoms with Gasteiger partial charge in [0.15, 0.2) is 9.84 Å². The summed E-state index contributed by atoms with van der Waals surface area (Å²) in [5.74, 6) is -0.237. The van der Waals surface area contributed by atoms with Gasteiger partial charge in [0.2, 0.25) is 0 Å². The van der Waals surface area contributed by atoms with E-state index in [1.807, 2.05) is 24.3 Å². The molecule has 33 heavy (non-hydrogen) atoms. The molecule has 1 aromatic heterocycles. The van der Waals surface area contributed by atoms with Gasteiger partial charge in [0.1, 0.15) is 4.75 Å². The lowest BCUT2D eigenvalue weighted by Gasteiger charge is -2.45. The van der Waals surface area contributed by atoms with Crippen LogP contribution in [-0.2, 0) is 24.1 Å². The predicted octanol–water partition coefficient (Wildman–Crippen LogP) is 6.63. The Hall–Kier alpha value is -1.96. The molecule has 0 radical (unpaired) electrons. The fourth-order valence-corrected chi connectivity index (χ4v) is 13.4. The molecule has 2 aromatic carbocycles. The molecule has 7 heteroatoms. The normalized spacial score (nSPS) is 21.6. The van der Waals surface area contributed by atoms with Crippen molar-refractivity contribution in [1.82, 2.24) is 0 Å². The first-order valence-corrected chi connectivity index (χ1v) is 17.6. The lowest BCUT2D eigenvalue weighted by atomic mass is 9.94. The van der Waals surface area contributed by atoms with Gasteiger partial charge in [-0.25, -0.2) is 8.42 Å². The van der Waals surface area contributed by atoms with Gasteiger partial charge in [0.05, 0.1) is 26.0 Å². The Morgan fingerprint density at radius 3 is 2.45 bits per heavy atom. The molecule has 176 valence electrons. The minimum atomic E-state index is -3.54. The number of carbonyl (C=O) groups excluding carboxylic acids is 1. The summed E-state index contributed by atoms with van der Waals surface area (Å²) in [7, 11) is -5.81. The van der Waals surface area contributed by atoms with Crippen molar-refractivity contribution in [3.05, 3.63) is 59.5 Å². The summed E-state index contributed by atoms with van der Waals surface area (Å²) < 4.78 is 32.0. The molecule has 0 saturated carbocycles. The molecule has 1 aliphatic rings. The van der Waals surface area contributed by atoms with Crippen molar-refractivity contribution >= 4 is 46.0 Å². The third kappa shape index (κ3) is 4.31. The summed E-state index contributed by atoms with van der Waals surface area (Å²) in [6.07, 6.45) is 1.91. The van der Waals surface area contributed by atoms with Crippen LogP contribution in [-0.4, -0.2) is 34.8 Å². The number of hydrogen-bond donors (Lipinski definition) is 0. The summed E-state index contributed by atoms with van der Waals surface area (Å²) >= 11 is 1.52. The first-order chi connectivity index (χ1) is 15.6. The van der Waals surface area contributed by atoms with Crippen LogP contribution in [0.2, 0.25) is 25.2 Å². The third-order valence-corrected chi connectivity index (χ3v) is 13.4. The number of esters is 1. The Bertz CT molecular complexity index is 1270. The predicted molar refractivity (Wildman–Crippen MR) is 140 cm³/mol. The summed E-state index contributed by atoms with van der Waals surface area (Å²) in [5.41, 5.74) is 0.423. The number of rotatable bonds is 6. The monoisotopic (exact) mass is 500 g/mol. The Morgan fingerprint density at radius 2 is 1.79 bits per heavy atom. The molecular formula is C26H32O4S2Si. The van der Waals surface area contributed by atoms with Crippen LogP contribution in [0, 0.1) is 0 Å². The largest absolute Gasteiger partial charge is 0.466 e. The molecular weight excluding hydrogens is 469 g/mol. The number of fused-ring (bicyclic) bond motifs is 1. The van der Waals surface area contributed by atoms with Gasteiger partial charge in [-0.3, -0.25) is 4.79 Å². The third-order valence-electron chi connectivity index (χ3n) is 6.68. The van der Waals surface area contributed by atoms with E-state index in [2.05, 4.69) is 50.0 Å². The minimum Gasteiger partial charge on any atom is -0.466 e. The van der Waals surface area contributed by atoms with E-state index >= 15 is 0 Å². The second kappa shape index (κ2) is 9.00. The van der Waals surface area contributed by atoms with Gasteiger partial charge in [-0.05, 0) is 54.3 Å². The molecule has 1 unspecified atom stereocenters. The van der Waals surface area contributed by atoms with Crippen molar-refractivity contribution in [2.75, 3.05) is 12.4 Å². The molecule has 0 bridgehead atoms. The topological polar surface area (TPSA) is 60.4 Å². The molecule has 0 aliphatic carbocycles. The molecule has 2 atom stereocenters. The van der Waals surface area contributed by atoms with Crippen LogP contribution in [0.4, 0.5) is 0 Å². The van der Waals surface area contributed by atoms with E-state index in [-0.39, 0.29) is 18.3 Å². The van der Waals surface area contributed by atoms with Crippen LogP contribution >= 0.6 is 11.3 Å². The van der Waals surface area contributed by atoms with Gasteiger partial charge < -0.3 is 4.74 Å². The fourth-order valence-electron chi connectivity index (χ4n) is 5.29. The maximum atomic E-state index is 13.8. The first-order valence-electron chi connectivity index (χ1n) is 11.6. The van der Waals surface area contributed by atoms with E-state index in [0.717, 1.165) is 27.1 Å². The van der Waals surface area contributed by atoms with Crippen LogP contribution < -0.4 is 0 Å². The molecule has 1 fully saturated rings. The van der Waals surface area contributed by atoms with E-state index in [1.54, 1.807) is 6.92 Å². The maximum absolute atomic E-state index is 13.8. The highest BCUT2D eigenvalue weighted by molar-refractivity contribution is 7.92. The lowest BCUT2D eigenvalue weighted by Crippen LogP contribution is -2.54. The molecule has 1 saturated heterocycles. The number of ether oxygens (including phenoxy) is 1. The van der Waals surface area contributed by atoms with Crippen LogP contribution in [0.3, 0.4) is 0 Å². The van der Waals surface area contributed by atoms with Gasteiger partial charge >= 0.3 is 5.97 Å². The summed E-state index contributed by atoms with van der Waals surface area (Å²) in [6, 6.07) is 18.5.